The number of halogens is 2. The van der Waals surface area contributed by atoms with Gasteiger partial charge in [-0.3, -0.25) is 9.69 Å². The Kier molecular flexibility index (Phi) is 5.59. The second kappa shape index (κ2) is 7.67. The van der Waals surface area contributed by atoms with Crippen LogP contribution in [0.3, 0.4) is 0 Å². The number of carbonyl (C=O) groups excluding carboxylic acids is 1. The SMILES string of the molecule is O=C(c1cc(Cl)cc(Cl)c1)N1CCCN(Cc2cccs2)CC1. The Morgan fingerprint density at radius 3 is 2.57 bits per heavy atom. The maximum Gasteiger partial charge on any atom is 0.254 e. The van der Waals surface area contributed by atoms with Gasteiger partial charge in [-0.2, -0.15) is 0 Å². The first-order chi connectivity index (χ1) is 11.1. The van der Waals surface area contributed by atoms with Crippen molar-refractivity contribution in [1.29, 1.82) is 0 Å². The van der Waals surface area contributed by atoms with E-state index in [0.29, 0.717) is 15.6 Å². The summed E-state index contributed by atoms with van der Waals surface area (Å²) in [6.45, 7) is 4.36. The van der Waals surface area contributed by atoms with E-state index in [9.17, 15) is 4.79 Å². The molecule has 0 radical (unpaired) electrons. The standard InChI is InChI=1S/C17H18Cl2N2OS/c18-14-9-13(10-15(19)11-14)17(22)21-5-2-4-20(6-7-21)12-16-3-1-8-23-16/h1,3,8-11H,2,4-7,12H2. The minimum absolute atomic E-state index is 0.00683. The summed E-state index contributed by atoms with van der Waals surface area (Å²) >= 11 is 13.8. The molecule has 0 bridgehead atoms. The first-order valence-electron chi connectivity index (χ1n) is 7.62. The molecule has 23 heavy (non-hydrogen) atoms. The number of rotatable bonds is 3. The molecule has 6 heteroatoms. The van der Waals surface area contributed by atoms with Crippen molar-refractivity contribution in [3.8, 4) is 0 Å². The average molecular weight is 369 g/mol. The van der Waals surface area contributed by atoms with Crippen LogP contribution in [0.4, 0.5) is 0 Å². The molecule has 2 heterocycles. The molecule has 0 aliphatic carbocycles. The van der Waals surface area contributed by atoms with Crippen LogP contribution >= 0.6 is 34.5 Å². The Bertz CT molecular complexity index is 655. The highest BCUT2D eigenvalue weighted by Crippen LogP contribution is 2.21. The lowest BCUT2D eigenvalue weighted by Gasteiger charge is -2.22. The van der Waals surface area contributed by atoms with E-state index in [1.54, 1.807) is 29.5 Å². The van der Waals surface area contributed by atoms with Gasteiger partial charge in [0, 0.05) is 53.2 Å². The maximum absolute atomic E-state index is 12.7. The summed E-state index contributed by atoms with van der Waals surface area (Å²) in [7, 11) is 0. The third kappa shape index (κ3) is 4.48. The Hall–Kier alpha value is -1.07. The van der Waals surface area contributed by atoms with Crippen LogP contribution in [0.2, 0.25) is 10.0 Å². The molecule has 3 nitrogen and oxygen atoms in total. The second-order valence-electron chi connectivity index (χ2n) is 5.66. The molecule has 2 aromatic rings. The largest absolute Gasteiger partial charge is 0.337 e. The Morgan fingerprint density at radius 1 is 1.09 bits per heavy atom. The summed E-state index contributed by atoms with van der Waals surface area (Å²) in [5, 5.41) is 3.09. The monoisotopic (exact) mass is 368 g/mol. The van der Waals surface area contributed by atoms with Crippen molar-refractivity contribution in [1.82, 2.24) is 9.80 Å². The topological polar surface area (TPSA) is 23.6 Å². The second-order valence-corrected chi connectivity index (χ2v) is 7.56. The summed E-state index contributed by atoms with van der Waals surface area (Å²) < 4.78 is 0. The fraction of sp³-hybridized carbons (Fsp3) is 0.353. The molecule has 1 fully saturated rings. The Balaban J connectivity index is 1.64. The highest BCUT2D eigenvalue weighted by molar-refractivity contribution is 7.09. The van der Waals surface area contributed by atoms with Crippen molar-refractivity contribution in [3.05, 3.63) is 56.2 Å². The summed E-state index contributed by atoms with van der Waals surface area (Å²) in [5.74, 6) is 0.00683. The number of amides is 1. The van der Waals surface area contributed by atoms with Crippen molar-refractivity contribution in [2.45, 2.75) is 13.0 Å². The molecule has 1 saturated heterocycles. The van der Waals surface area contributed by atoms with E-state index < -0.39 is 0 Å². The Morgan fingerprint density at radius 2 is 1.87 bits per heavy atom. The normalized spacial score (nSPS) is 16.3. The summed E-state index contributed by atoms with van der Waals surface area (Å²) in [5.41, 5.74) is 0.564. The van der Waals surface area contributed by atoms with Crippen LogP contribution in [0.1, 0.15) is 21.7 Å². The molecular formula is C17H18Cl2N2OS. The van der Waals surface area contributed by atoms with Crippen molar-refractivity contribution in [2.75, 3.05) is 26.2 Å². The lowest BCUT2D eigenvalue weighted by atomic mass is 10.2. The quantitative estimate of drug-likeness (QED) is 0.801. The predicted molar refractivity (Wildman–Crippen MR) is 96.6 cm³/mol. The van der Waals surface area contributed by atoms with Gasteiger partial charge in [-0.05, 0) is 36.1 Å². The molecule has 0 spiro atoms. The van der Waals surface area contributed by atoms with Crippen LogP contribution in [0, 0.1) is 0 Å². The van der Waals surface area contributed by atoms with Crippen molar-refractivity contribution < 1.29 is 4.79 Å². The number of nitrogens with zero attached hydrogens (tertiary/aromatic N) is 2. The van der Waals surface area contributed by atoms with Gasteiger partial charge in [0.05, 0.1) is 0 Å². The van der Waals surface area contributed by atoms with Crippen LogP contribution in [0.15, 0.2) is 35.7 Å². The van der Waals surface area contributed by atoms with E-state index in [0.717, 1.165) is 39.1 Å². The molecule has 1 aromatic heterocycles. The van der Waals surface area contributed by atoms with Gasteiger partial charge in [0.2, 0.25) is 0 Å². The van der Waals surface area contributed by atoms with Gasteiger partial charge in [-0.1, -0.05) is 29.3 Å². The first kappa shape index (κ1) is 16.8. The third-order valence-corrected chi connectivity index (χ3v) is 5.24. The molecule has 0 saturated carbocycles. The van der Waals surface area contributed by atoms with Crippen molar-refractivity contribution >= 4 is 40.4 Å². The zero-order chi connectivity index (χ0) is 16.2. The molecule has 122 valence electrons. The van der Waals surface area contributed by atoms with Gasteiger partial charge < -0.3 is 4.90 Å². The molecule has 1 aliphatic heterocycles. The zero-order valence-corrected chi connectivity index (χ0v) is 15.0. The highest BCUT2D eigenvalue weighted by atomic mass is 35.5. The molecule has 1 aromatic carbocycles. The van der Waals surface area contributed by atoms with Gasteiger partial charge in [0.25, 0.3) is 5.91 Å². The molecule has 0 unspecified atom stereocenters. The molecular weight excluding hydrogens is 351 g/mol. The Labute approximate surface area is 150 Å². The molecule has 3 rings (SSSR count). The number of carbonyl (C=O) groups is 1. The van der Waals surface area contributed by atoms with Crippen molar-refractivity contribution in [2.24, 2.45) is 0 Å². The van der Waals surface area contributed by atoms with E-state index in [1.807, 2.05) is 4.90 Å². The number of hydrogen-bond acceptors (Lipinski definition) is 3. The van der Waals surface area contributed by atoms with Crippen LogP contribution in [-0.2, 0) is 6.54 Å². The van der Waals surface area contributed by atoms with Crippen LogP contribution in [0.25, 0.3) is 0 Å². The van der Waals surface area contributed by atoms with E-state index in [-0.39, 0.29) is 5.91 Å². The lowest BCUT2D eigenvalue weighted by molar-refractivity contribution is 0.0761. The van der Waals surface area contributed by atoms with Crippen LogP contribution in [0.5, 0.6) is 0 Å². The summed E-state index contributed by atoms with van der Waals surface area (Å²) in [4.78, 5) is 18.3. The molecule has 0 atom stereocenters. The highest BCUT2D eigenvalue weighted by Gasteiger charge is 2.21. The first-order valence-corrected chi connectivity index (χ1v) is 9.25. The van der Waals surface area contributed by atoms with E-state index in [4.69, 9.17) is 23.2 Å². The molecule has 0 N–H and O–H groups in total. The average Bonchev–Trinajstić information content (AvgIpc) is 2.90. The predicted octanol–water partition coefficient (Wildman–Crippen LogP) is 4.40. The summed E-state index contributed by atoms with van der Waals surface area (Å²) in [6.07, 6.45) is 0.978. The summed E-state index contributed by atoms with van der Waals surface area (Å²) in [6, 6.07) is 9.25. The fourth-order valence-corrected chi connectivity index (χ4v) is 4.09. The van der Waals surface area contributed by atoms with Gasteiger partial charge in [-0.15, -0.1) is 11.3 Å². The number of hydrogen-bond donors (Lipinski definition) is 0. The van der Waals surface area contributed by atoms with Crippen LogP contribution < -0.4 is 0 Å². The van der Waals surface area contributed by atoms with Gasteiger partial charge >= 0.3 is 0 Å². The van der Waals surface area contributed by atoms with Crippen molar-refractivity contribution in [3.63, 3.8) is 0 Å². The smallest absolute Gasteiger partial charge is 0.254 e. The number of thiophene rings is 1. The van der Waals surface area contributed by atoms with Gasteiger partial charge in [-0.25, -0.2) is 0 Å². The molecule has 1 aliphatic rings. The van der Waals surface area contributed by atoms with E-state index in [1.165, 1.54) is 4.88 Å². The van der Waals surface area contributed by atoms with Gasteiger partial charge in [0.1, 0.15) is 0 Å². The third-order valence-electron chi connectivity index (χ3n) is 3.94. The van der Waals surface area contributed by atoms with E-state index in [2.05, 4.69) is 22.4 Å². The van der Waals surface area contributed by atoms with E-state index >= 15 is 0 Å². The fourth-order valence-electron chi connectivity index (χ4n) is 2.81. The van der Waals surface area contributed by atoms with Gasteiger partial charge in [0.15, 0.2) is 0 Å². The van der Waals surface area contributed by atoms with Crippen LogP contribution in [-0.4, -0.2) is 41.9 Å². The molecule has 1 amide bonds. The minimum atomic E-state index is 0.00683. The zero-order valence-electron chi connectivity index (χ0n) is 12.7. The maximum atomic E-state index is 12.7. The lowest BCUT2D eigenvalue weighted by Crippen LogP contribution is -2.35. The number of benzene rings is 1. The minimum Gasteiger partial charge on any atom is -0.337 e.